The van der Waals surface area contributed by atoms with Crippen LogP contribution in [0.1, 0.15) is 81.4 Å². The summed E-state index contributed by atoms with van der Waals surface area (Å²) in [5.41, 5.74) is 3.03. The second kappa shape index (κ2) is 14.7. The van der Waals surface area contributed by atoms with Crippen LogP contribution in [0.3, 0.4) is 0 Å². The van der Waals surface area contributed by atoms with Crippen LogP contribution in [0.5, 0.6) is 5.75 Å². The first-order valence-corrected chi connectivity index (χ1v) is 16.4. The van der Waals surface area contributed by atoms with Crippen molar-refractivity contribution in [2.24, 2.45) is 0 Å². The van der Waals surface area contributed by atoms with Crippen LogP contribution in [0.4, 0.5) is 17.6 Å². The van der Waals surface area contributed by atoms with Gasteiger partial charge < -0.3 is 10.0 Å². The fraction of sp³-hybridized carbons (Fsp3) is 0.562. The number of sulfone groups is 1. The summed E-state index contributed by atoms with van der Waals surface area (Å²) < 4.78 is 76.0. The molecule has 1 aliphatic rings. The molecule has 9 heteroatoms. The minimum atomic E-state index is -5.00. The Balaban J connectivity index is 1.45. The molecule has 0 amide bonds. The molecule has 1 N–H and O–H groups in total. The first-order chi connectivity index (χ1) is 19.3. The molecule has 4 nitrogen and oxygen atoms in total. The molecule has 0 bridgehead atoms. The molecule has 0 saturated heterocycles. The van der Waals surface area contributed by atoms with E-state index in [0.717, 1.165) is 51.5 Å². The first kappa shape index (κ1) is 33.1. The summed E-state index contributed by atoms with van der Waals surface area (Å²) in [5.74, 6) is -0.251. The number of phenolic OH excluding ortho intramolecular Hbond substituents is 1. The normalized spacial score (nSPS) is 16.0. The van der Waals surface area contributed by atoms with Crippen molar-refractivity contribution in [3.05, 3.63) is 65.2 Å². The number of allylic oxidation sites excluding steroid dienone is 2. The van der Waals surface area contributed by atoms with Crippen molar-refractivity contribution in [2.45, 2.75) is 83.0 Å². The molecule has 0 heterocycles. The lowest BCUT2D eigenvalue weighted by Gasteiger charge is -2.23. The zero-order valence-corrected chi connectivity index (χ0v) is 25.0. The van der Waals surface area contributed by atoms with Gasteiger partial charge in [0, 0.05) is 0 Å². The molecular weight excluding hydrogens is 554 g/mol. The summed E-state index contributed by atoms with van der Waals surface area (Å²) >= 11 is 0. The highest BCUT2D eigenvalue weighted by Crippen LogP contribution is 2.40. The topological polar surface area (TPSA) is 57.6 Å². The Hall–Kier alpha value is -2.39. The summed E-state index contributed by atoms with van der Waals surface area (Å²) in [6, 6.07) is 16.2. The van der Waals surface area contributed by atoms with Crippen LogP contribution in [0.15, 0.2) is 48.5 Å². The third-order valence-corrected chi connectivity index (χ3v) is 9.75. The van der Waals surface area contributed by atoms with E-state index in [-0.39, 0.29) is 12.2 Å². The quantitative estimate of drug-likeness (QED) is 0.167. The SMILES string of the molecule is CN(CCCCCC1=C(c2ccccc2)CCCc2cc(O)ccc21)CCCS(=O)(=O)CCCC(C)(F)C(F)(F)F. The van der Waals surface area contributed by atoms with Gasteiger partial charge in [-0.2, -0.15) is 13.2 Å². The Kier molecular flexibility index (Phi) is 11.9. The van der Waals surface area contributed by atoms with Gasteiger partial charge in [0.25, 0.3) is 0 Å². The largest absolute Gasteiger partial charge is 0.508 e. The zero-order valence-electron chi connectivity index (χ0n) is 24.1. The van der Waals surface area contributed by atoms with E-state index >= 15 is 0 Å². The van der Waals surface area contributed by atoms with E-state index in [1.54, 1.807) is 6.07 Å². The Bertz CT molecular complexity index is 1260. The number of unbranched alkanes of at least 4 members (excludes halogenated alkanes) is 2. The fourth-order valence-electron chi connectivity index (χ4n) is 5.49. The van der Waals surface area contributed by atoms with Gasteiger partial charge in [-0.25, -0.2) is 12.8 Å². The predicted molar refractivity (Wildman–Crippen MR) is 158 cm³/mol. The number of nitrogens with zero attached hydrogens (tertiary/aromatic N) is 1. The van der Waals surface area contributed by atoms with E-state index in [1.807, 2.05) is 25.2 Å². The van der Waals surface area contributed by atoms with Gasteiger partial charge in [-0.05, 0) is 125 Å². The molecule has 2 aromatic carbocycles. The van der Waals surface area contributed by atoms with Crippen molar-refractivity contribution in [2.75, 3.05) is 31.6 Å². The lowest BCUT2D eigenvalue weighted by molar-refractivity contribution is -0.225. The molecule has 0 aromatic heterocycles. The Morgan fingerprint density at radius 1 is 0.878 bits per heavy atom. The first-order valence-electron chi connectivity index (χ1n) is 14.5. The third-order valence-electron chi connectivity index (χ3n) is 7.93. The number of hydrogen-bond acceptors (Lipinski definition) is 4. The van der Waals surface area contributed by atoms with E-state index in [2.05, 4.69) is 29.2 Å². The Morgan fingerprint density at radius 3 is 2.27 bits per heavy atom. The molecule has 0 radical (unpaired) electrons. The monoisotopic (exact) mass is 597 g/mol. The number of alkyl halides is 4. The van der Waals surface area contributed by atoms with Crippen molar-refractivity contribution in [1.82, 2.24) is 4.90 Å². The minimum absolute atomic E-state index is 0.113. The smallest absolute Gasteiger partial charge is 0.422 e. The summed E-state index contributed by atoms with van der Waals surface area (Å²) in [4.78, 5) is 2.08. The molecule has 1 aliphatic carbocycles. The standard InChI is InChI=1S/C32H43F4NO3S/c1-31(33,32(34,35)36)19-10-22-41(39,40)23-11-21-37(2)20-8-4-7-15-30-28(25-12-5-3-6-13-25)16-9-14-26-24-27(38)17-18-29(26)30/h3,5-6,12-13,17-18,24,38H,4,7-11,14-16,19-23H2,1-2H3. The lowest BCUT2D eigenvalue weighted by Crippen LogP contribution is -2.38. The number of rotatable bonds is 15. The summed E-state index contributed by atoms with van der Waals surface area (Å²) in [6.07, 6.45) is 1.10. The fourth-order valence-corrected chi connectivity index (χ4v) is 6.85. The molecule has 228 valence electrons. The van der Waals surface area contributed by atoms with Crippen molar-refractivity contribution in [3.8, 4) is 5.75 Å². The van der Waals surface area contributed by atoms with Gasteiger partial charge in [0.15, 0.2) is 0 Å². The number of aryl methyl sites for hydroxylation is 1. The molecule has 1 unspecified atom stereocenters. The third kappa shape index (κ3) is 10.1. The van der Waals surface area contributed by atoms with Crippen LogP contribution >= 0.6 is 0 Å². The second-order valence-corrected chi connectivity index (χ2v) is 13.7. The van der Waals surface area contributed by atoms with E-state index in [9.17, 15) is 31.1 Å². The van der Waals surface area contributed by atoms with Crippen LogP contribution in [0, 0.1) is 0 Å². The van der Waals surface area contributed by atoms with Crippen LogP contribution in [0.2, 0.25) is 0 Å². The van der Waals surface area contributed by atoms with Crippen LogP contribution in [-0.4, -0.2) is 61.9 Å². The van der Waals surface area contributed by atoms with Gasteiger partial charge in [-0.1, -0.05) is 42.8 Å². The molecule has 1 atom stereocenters. The number of aromatic hydroxyl groups is 1. The molecule has 0 aliphatic heterocycles. The zero-order chi connectivity index (χ0) is 30.1. The van der Waals surface area contributed by atoms with Crippen LogP contribution < -0.4 is 0 Å². The van der Waals surface area contributed by atoms with E-state index in [4.69, 9.17) is 0 Å². The van der Waals surface area contributed by atoms with E-state index in [1.165, 1.54) is 27.8 Å². The number of benzene rings is 2. The molecule has 0 spiro atoms. The highest BCUT2D eigenvalue weighted by molar-refractivity contribution is 7.91. The van der Waals surface area contributed by atoms with Crippen molar-refractivity contribution in [3.63, 3.8) is 0 Å². The van der Waals surface area contributed by atoms with Crippen molar-refractivity contribution >= 4 is 21.0 Å². The number of fused-ring (bicyclic) bond motifs is 1. The molecule has 3 rings (SSSR count). The van der Waals surface area contributed by atoms with E-state index in [0.29, 0.717) is 25.6 Å². The predicted octanol–water partition coefficient (Wildman–Crippen LogP) is 8.01. The molecule has 2 aromatic rings. The average Bonchev–Trinajstić information content (AvgIpc) is 3.07. The molecule has 0 saturated carbocycles. The average molecular weight is 598 g/mol. The molecule has 0 fully saturated rings. The maximum atomic E-state index is 13.7. The van der Waals surface area contributed by atoms with Gasteiger partial charge in [0.1, 0.15) is 15.6 Å². The van der Waals surface area contributed by atoms with Crippen LogP contribution in [-0.2, 0) is 16.3 Å². The number of hydrogen-bond donors (Lipinski definition) is 1. The maximum Gasteiger partial charge on any atom is 0.422 e. The highest BCUT2D eigenvalue weighted by atomic mass is 32.2. The minimum Gasteiger partial charge on any atom is -0.508 e. The summed E-state index contributed by atoms with van der Waals surface area (Å²) in [7, 11) is -1.59. The van der Waals surface area contributed by atoms with Gasteiger partial charge in [0.2, 0.25) is 5.67 Å². The van der Waals surface area contributed by atoms with Gasteiger partial charge >= 0.3 is 6.18 Å². The highest BCUT2D eigenvalue weighted by Gasteiger charge is 2.51. The Labute approximate surface area is 242 Å². The van der Waals surface area contributed by atoms with Gasteiger partial charge in [-0.15, -0.1) is 0 Å². The van der Waals surface area contributed by atoms with Gasteiger partial charge in [-0.3, -0.25) is 0 Å². The van der Waals surface area contributed by atoms with Crippen LogP contribution in [0.25, 0.3) is 11.1 Å². The van der Waals surface area contributed by atoms with E-state index < -0.39 is 33.9 Å². The van der Waals surface area contributed by atoms with Gasteiger partial charge in [0.05, 0.1) is 11.5 Å². The van der Waals surface area contributed by atoms with Crippen molar-refractivity contribution in [1.29, 1.82) is 0 Å². The number of halogens is 4. The van der Waals surface area contributed by atoms with Crippen molar-refractivity contribution < 1.29 is 31.1 Å². The molecule has 41 heavy (non-hydrogen) atoms. The summed E-state index contributed by atoms with van der Waals surface area (Å²) in [6.45, 7) is 1.85. The maximum absolute atomic E-state index is 13.7. The summed E-state index contributed by atoms with van der Waals surface area (Å²) in [5, 5.41) is 10.0. The lowest BCUT2D eigenvalue weighted by atomic mass is 9.89. The molecular formula is C32H43F4NO3S. The Morgan fingerprint density at radius 2 is 1.56 bits per heavy atom. The number of phenols is 1. The second-order valence-electron chi connectivity index (χ2n) is 11.4.